The number of hydrogen-bond donors (Lipinski definition) is 1. The molecule has 0 spiro atoms. The Kier molecular flexibility index (Phi) is 4.89. The molecule has 0 bridgehead atoms. The standard InChI is InChI=1S/C17H23ClN2O2/c1-2-20-7-5-12(6-8-20)11-19-17(21)16-10-13-9-14(18)3-4-15(13)22-16/h3-4,9,12,16H,2,5-8,10-11H2,1H3,(H,19,21)/t16-/m1/s1. The van der Waals surface area contributed by atoms with Gasteiger partial charge in [0.1, 0.15) is 5.75 Å². The van der Waals surface area contributed by atoms with Crippen LogP contribution in [0.2, 0.25) is 5.02 Å². The van der Waals surface area contributed by atoms with E-state index in [-0.39, 0.29) is 5.91 Å². The zero-order chi connectivity index (χ0) is 15.5. The summed E-state index contributed by atoms with van der Waals surface area (Å²) in [5.74, 6) is 1.36. The number of ether oxygens (including phenoxy) is 1. The van der Waals surface area contributed by atoms with Gasteiger partial charge >= 0.3 is 0 Å². The molecule has 2 heterocycles. The molecule has 1 atom stereocenters. The van der Waals surface area contributed by atoms with Crippen molar-refractivity contribution in [2.75, 3.05) is 26.2 Å². The topological polar surface area (TPSA) is 41.6 Å². The van der Waals surface area contributed by atoms with Gasteiger partial charge in [-0.05, 0) is 62.2 Å². The van der Waals surface area contributed by atoms with E-state index in [0.29, 0.717) is 17.4 Å². The summed E-state index contributed by atoms with van der Waals surface area (Å²) in [6.45, 7) is 6.36. The lowest BCUT2D eigenvalue weighted by atomic mass is 9.96. The molecule has 0 saturated carbocycles. The molecule has 1 aromatic rings. The zero-order valence-electron chi connectivity index (χ0n) is 13.0. The summed E-state index contributed by atoms with van der Waals surface area (Å²) in [7, 11) is 0. The lowest BCUT2D eigenvalue weighted by molar-refractivity contribution is -0.127. The molecule has 0 aliphatic carbocycles. The highest BCUT2D eigenvalue weighted by atomic mass is 35.5. The smallest absolute Gasteiger partial charge is 0.261 e. The third-order valence-electron chi connectivity index (χ3n) is 4.71. The molecule has 2 aliphatic heterocycles. The molecule has 4 nitrogen and oxygen atoms in total. The summed E-state index contributed by atoms with van der Waals surface area (Å²) in [6.07, 6.45) is 2.52. The average Bonchev–Trinajstić information content (AvgIpc) is 2.96. The Bertz CT molecular complexity index is 541. The van der Waals surface area contributed by atoms with E-state index in [1.165, 1.54) is 0 Å². The zero-order valence-corrected chi connectivity index (χ0v) is 13.7. The minimum absolute atomic E-state index is 0.00903. The summed E-state index contributed by atoms with van der Waals surface area (Å²) < 4.78 is 5.72. The first kappa shape index (κ1) is 15.6. The first-order valence-electron chi connectivity index (χ1n) is 8.11. The fourth-order valence-corrected chi connectivity index (χ4v) is 3.42. The second kappa shape index (κ2) is 6.88. The van der Waals surface area contributed by atoms with Crippen LogP contribution in [-0.2, 0) is 11.2 Å². The molecule has 0 unspecified atom stereocenters. The molecule has 1 fully saturated rings. The van der Waals surface area contributed by atoms with Gasteiger partial charge in [0, 0.05) is 18.0 Å². The molecule has 22 heavy (non-hydrogen) atoms. The Hall–Kier alpha value is -1.26. The van der Waals surface area contributed by atoms with E-state index < -0.39 is 6.10 Å². The lowest BCUT2D eigenvalue weighted by Crippen LogP contribution is -2.42. The maximum absolute atomic E-state index is 12.3. The summed E-state index contributed by atoms with van der Waals surface area (Å²) in [5, 5.41) is 3.75. The Balaban J connectivity index is 1.46. The number of halogens is 1. The van der Waals surface area contributed by atoms with Crippen LogP contribution in [0.25, 0.3) is 0 Å². The van der Waals surface area contributed by atoms with Crippen molar-refractivity contribution in [3.63, 3.8) is 0 Å². The van der Waals surface area contributed by atoms with Crippen LogP contribution in [-0.4, -0.2) is 43.1 Å². The van der Waals surface area contributed by atoms with Gasteiger partial charge in [-0.2, -0.15) is 0 Å². The number of fused-ring (bicyclic) bond motifs is 1. The molecular weight excluding hydrogens is 300 g/mol. The number of carbonyl (C=O) groups excluding carboxylic acids is 1. The van der Waals surface area contributed by atoms with E-state index in [1.807, 2.05) is 12.1 Å². The number of hydrogen-bond acceptors (Lipinski definition) is 3. The van der Waals surface area contributed by atoms with Crippen LogP contribution in [0, 0.1) is 5.92 Å². The summed E-state index contributed by atoms with van der Waals surface area (Å²) in [4.78, 5) is 14.7. The second-order valence-corrected chi connectivity index (χ2v) is 6.62. The third kappa shape index (κ3) is 3.55. The van der Waals surface area contributed by atoms with Gasteiger partial charge in [-0.1, -0.05) is 18.5 Å². The summed E-state index contributed by atoms with van der Waals surface area (Å²) >= 11 is 5.98. The Morgan fingerprint density at radius 3 is 2.91 bits per heavy atom. The van der Waals surface area contributed by atoms with Gasteiger partial charge in [-0.15, -0.1) is 0 Å². The molecule has 2 aliphatic rings. The predicted octanol–water partition coefficient (Wildman–Crippen LogP) is 2.49. The first-order valence-corrected chi connectivity index (χ1v) is 8.48. The highest BCUT2D eigenvalue weighted by molar-refractivity contribution is 6.30. The van der Waals surface area contributed by atoms with Gasteiger partial charge in [0.2, 0.25) is 0 Å². The van der Waals surface area contributed by atoms with Crippen molar-refractivity contribution in [2.45, 2.75) is 32.3 Å². The number of nitrogens with zero attached hydrogens (tertiary/aromatic N) is 1. The predicted molar refractivity (Wildman–Crippen MR) is 87.4 cm³/mol. The van der Waals surface area contributed by atoms with E-state index in [4.69, 9.17) is 16.3 Å². The molecule has 1 saturated heterocycles. The molecule has 0 radical (unpaired) electrons. The molecule has 1 aromatic carbocycles. The number of piperidine rings is 1. The average molecular weight is 323 g/mol. The van der Waals surface area contributed by atoms with E-state index >= 15 is 0 Å². The van der Waals surface area contributed by atoms with Gasteiger partial charge in [-0.3, -0.25) is 4.79 Å². The van der Waals surface area contributed by atoms with Crippen molar-refractivity contribution in [3.05, 3.63) is 28.8 Å². The lowest BCUT2D eigenvalue weighted by Gasteiger charge is -2.31. The highest BCUT2D eigenvalue weighted by Gasteiger charge is 2.29. The van der Waals surface area contributed by atoms with Gasteiger partial charge in [0.15, 0.2) is 6.10 Å². The monoisotopic (exact) mass is 322 g/mol. The van der Waals surface area contributed by atoms with E-state index in [9.17, 15) is 4.79 Å². The van der Waals surface area contributed by atoms with Crippen LogP contribution in [0.3, 0.4) is 0 Å². The van der Waals surface area contributed by atoms with E-state index in [2.05, 4.69) is 17.1 Å². The second-order valence-electron chi connectivity index (χ2n) is 6.19. The van der Waals surface area contributed by atoms with Gasteiger partial charge < -0.3 is 15.0 Å². The number of nitrogens with one attached hydrogen (secondary N) is 1. The molecule has 120 valence electrons. The number of carbonyl (C=O) groups is 1. The van der Waals surface area contributed by atoms with Gasteiger partial charge in [0.05, 0.1) is 0 Å². The fraction of sp³-hybridized carbons (Fsp3) is 0.588. The maximum atomic E-state index is 12.3. The minimum Gasteiger partial charge on any atom is -0.480 e. The van der Waals surface area contributed by atoms with Crippen LogP contribution in [0.5, 0.6) is 5.75 Å². The Morgan fingerprint density at radius 1 is 1.41 bits per heavy atom. The van der Waals surface area contributed by atoms with Crippen molar-refractivity contribution >= 4 is 17.5 Å². The van der Waals surface area contributed by atoms with Gasteiger partial charge in [-0.25, -0.2) is 0 Å². The minimum atomic E-state index is -0.413. The van der Waals surface area contributed by atoms with Crippen LogP contribution in [0.4, 0.5) is 0 Å². The van der Waals surface area contributed by atoms with Crippen molar-refractivity contribution in [3.8, 4) is 5.75 Å². The van der Waals surface area contributed by atoms with Crippen molar-refractivity contribution in [1.29, 1.82) is 0 Å². The van der Waals surface area contributed by atoms with Crippen LogP contribution in [0.1, 0.15) is 25.3 Å². The Morgan fingerprint density at radius 2 is 2.18 bits per heavy atom. The third-order valence-corrected chi connectivity index (χ3v) is 4.94. The fourth-order valence-electron chi connectivity index (χ4n) is 3.23. The highest BCUT2D eigenvalue weighted by Crippen LogP contribution is 2.31. The molecule has 5 heteroatoms. The number of amides is 1. The maximum Gasteiger partial charge on any atom is 0.261 e. The SMILES string of the molecule is CCN1CCC(CNC(=O)[C@H]2Cc3cc(Cl)ccc3O2)CC1. The normalized spacial score (nSPS) is 22.2. The van der Waals surface area contributed by atoms with Crippen LogP contribution < -0.4 is 10.1 Å². The van der Waals surface area contributed by atoms with Crippen molar-refractivity contribution in [2.24, 2.45) is 5.92 Å². The molecule has 1 amide bonds. The number of benzene rings is 1. The molecule has 1 N–H and O–H groups in total. The summed E-state index contributed by atoms with van der Waals surface area (Å²) in [5.41, 5.74) is 1.02. The largest absolute Gasteiger partial charge is 0.480 e. The molecule has 0 aromatic heterocycles. The van der Waals surface area contributed by atoms with E-state index in [1.54, 1.807) is 6.07 Å². The van der Waals surface area contributed by atoms with Crippen molar-refractivity contribution in [1.82, 2.24) is 10.2 Å². The first-order chi connectivity index (χ1) is 10.7. The van der Waals surface area contributed by atoms with Gasteiger partial charge in [0.25, 0.3) is 5.91 Å². The summed E-state index contributed by atoms with van der Waals surface area (Å²) in [6, 6.07) is 5.51. The quantitative estimate of drug-likeness (QED) is 0.926. The van der Waals surface area contributed by atoms with Crippen LogP contribution >= 0.6 is 11.6 Å². The molecule has 3 rings (SSSR count). The number of rotatable bonds is 4. The number of likely N-dealkylation sites (tertiary alicyclic amines) is 1. The Labute approximate surface area is 136 Å². The van der Waals surface area contributed by atoms with Crippen molar-refractivity contribution < 1.29 is 9.53 Å². The van der Waals surface area contributed by atoms with E-state index in [0.717, 1.165) is 50.3 Å². The molecular formula is C17H23ClN2O2. The van der Waals surface area contributed by atoms with Crippen LogP contribution in [0.15, 0.2) is 18.2 Å².